The predicted octanol–water partition coefficient (Wildman–Crippen LogP) is 2.51. The highest BCUT2D eigenvalue weighted by Gasteiger charge is 2.25. The predicted molar refractivity (Wildman–Crippen MR) is 71.4 cm³/mol. The van der Waals surface area contributed by atoms with E-state index >= 15 is 0 Å². The SMILES string of the molecule is CC(=O)C(C(C)=O)c1cc(O)c(O)c2ccccc12. The van der Waals surface area contributed by atoms with Crippen molar-refractivity contribution >= 4 is 22.3 Å². The molecule has 0 spiro atoms. The average molecular weight is 258 g/mol. The zero-order valence-electron chi connectivity index (χ0n) is 10.7. The van der Waals surface area contributed by atoms with E-state index in [1.807, 2.05) is 0 Å². The molecule has 0 radical (unpaired) electrons. The molecular weight excluding hydrogens is 244 g/mol. The number of carbonyl (C=O) groups excluding carboxylic acids is 2. The molecule has 2 rings (SSSR count). The van der Waals surface area contributed by atoms with Crippen molar-refractivity contribution in [2.24, 2.45) is 0 Å². The van der Waals surface area contributed by atoms with Gasteiger partial charge >= 0.3 is 0 Å². The van der Waals surface area contributed by atoms with Crippen LogP contribution in [0.5, 0.6) is 11.5 Å². The molecule has 2 N–H and O–H groups in total. The highest BCUT2D eigenvalue weighted by molar-refractivity contribution is 6.09. The minimum atomic E-state index is -0.920. The molecule has 0 atom stereocenters. The van der Waals surface area contributed by atoms with Gasteiger partial charge in [0.1, 0.15) is 17.5 Å². The van der Waals surface area contributed by atoms with E-state index in [9.17, 15) is 19.8 Å². The number of phenols is 2. The molecule has 0 amide bonds. The van der Waals surface area contributed by atoms with Crippen molar-refractivity contribution in [3.8, 4) is 11.5 Å². The number of hydrogen-bond donors (Lipinski definition) is 2. The number of rotatable bonds is 3. The minimum absolute atomic E-state index is 0.245. The van der Waals surface area contributed by atoms with Gasteiger partial charge in [0.05, 0.1) is 0 Å². The van der Waals surface area contributed by atoms with Gasteiger partial charge in [-0.25, -0.2) is 0 Å². The third-order valence-corrected chi connectivity index (χ3v) is 3.15. The van der Waals surface area contributed by atoms with E-state index in [2.05, 4.69) is 0 Å². The van der Waals surface area contributed by atoms with Crippen molar-refractivity contribution in [1.29, 1.82) is 0 Å². The number of phenolic OH excluding ortho intramolecular Hbond substituents is 2. The standard InChI is InChI=1S/C15H14O4/c1-8(16)14(9(2)17)12-7-13(18)15(19)11-6-4-3-5-10(11)12/h3-7,14,18-19H,1-2H3. The Balaban J connectivity index is 2.83. The largest absolute Gasteiger partial charge is 0.504 e. The Morgan fingerprint density at radius 3 is 2.05 bits per heavy atom. The highest BCUT2D eigenvalue weighted by Crippen LogP contribution is 2.39. The third kappa shape index (κ3) is 2.17. The van der Waals surface area contributed by atoms with Crippen LogP contribution >= 0.6 is 0 Å². The van der Waals surface area contributed by atoms with E-state index in [4.69, 9.17) is 0 Å². The molecular formula is C15H14O4. The van der Waals surface area contributed by atoms with Crippen LogP contribution in [0.3, 0.4) is 0 Å². The Labute approximate surface area is 110 Å². The van der Waals surface area contributed by atoms with Crippen molar-refractivity contribution in [2.45, 2.75) is 19.8 Å². The number of carbonyl (C=O) groups is 2. The number of hydrogen-bond acceptors (Lipinski definition) is 4. The van der Waals surface area contributed by atoms with Crippen LogP contribution in [0.2, 0.25) is 0 Å². The van der Waals surface area contributed by atoms with E-state index in [-0.39, 0.29) is 23.1 Å². The van der Waals surface area contributed by atoms with Crippen molar-refractivity contribution in [3.05, 3.63) is 35.9 Å². The maximum Gasteiger partial charge on any atom is 0.165 e. The monoisotopic (exact) mass is 258 g/mol. The Hall–Kier alpha value is -2.36. The lowest BCUT2D eigenvalue weighted by Gasteiger charge is -2.15. The van der Waals surface area contributed by atoms with E-state index in [0.29, 0.717) is 16.3 Å². The van der Waals surface area contributed by atoms with E-state index < -0.39 is 5.92 Å². The van der Waals surface area contributed by atoms with Gasteiger partial charge in [0, 0.05) is 5.39 Å². The normalized spacial score (nSPS) is 10.9. The molecule has 0 saturated carbocycles. The van der Waals surface area contributed by atoms with Gasteiger partial charge in [0.25, 0.3) is 0 Å². The molecule has 0 fully saturated rings. The summed E-state index contributed by atoms with van der Waals surface area (Å²) in [7, 11) is 0. The zero-order valence-corrected chi connectivity index (χ0v) is 10.7. The summed E-state index contributed by atoms with van der Waals surface area (Å²) in [5.74, 6) is -2.08. The summed E-state index contributed by atoms with van der Waals surface area (Å²) in [5, 5.41) is 20.6. The van der Waals surface area contributed by atoms with Gasteiger partial charge in [0.2, 0.25) is 0 Å². The first-order valence-corrected chi connectivity index (χ1v) is 5.88. The Kier molecular flexibility index (Phi) is 3.25. The maximum atomic E-state index is 11.7. The summed E-state index contributed by atoms with van der Waals surface area (Å²) in [4.78, 5) is 23.3. The summed E-state index contributed by atoms with van der Waals surface area (Å²) in [6.45, 7) is 2.68. The van der Waals surface area contributed by atoms with Crippen LogP contribution in [-0.2, 0) is 9.59 Å². The first-order valence-electron chi connectivity index (χ1n) is 5.88. The Morgan fingerprint density at radius 1 is 1.00 bits per heavy atom. The third-order valence-electron chi connectivity index (χ3n) is 3.15. The van der Waals surface area contributed by atoms with Crippen LogP contribution in [0.25, 0.3) is 10.8 Å². The van der Waals surface area contributed by atoms with Gasteiger partial charge in [-0.3, -0.25) is 9.59 Å². The van der Waals surface area contributed by atoms with Gasteiger partial charge in [0.15, 0.2) is 11.5 Å². The summed E-state index contributed by atoms with van der Waals surface area (Å²) in [6, 6.07) is 8.08. The Morgan fingerprint density at radius 2 is 1.53 bits per heavy atom. The molecule has 0 aromatic heterocycles. The van der Waals surface area contributed by atoms with E-state index in [0.717, 1.165) is 0 Å². The number of benzene rings is 2. The van der Waals surface area contributed by atoms with Crippen LogP contribution < -0.4 is 0 Å². The number of fused-ring (bicyclic) bond motifs is 1. The number of ketones is 2. The average Bonchev–Trinajstić information content (AvgIpc) is 2.34. The molecule has 19 heavy (non-hydrogen) atoms. The summed E-state index contributed by atoms with van der Waals surface area (Å²) in [5.41, 5.74) is 0.422. The fraction of sp³-hybridized carbons (Fsp3) is 0.200. The molecule has 0 aliphatic rings. The van der Waals surface area contributed by atoms with Crippen molar-refractivity contribution in [2.75, 3.05) is 0 Å². The molecule has 0 aliphatic heterocycles. The fourth-order valence-corrected chi connectivity index (χ4v) is 2.34. The molecule has 4 heteroatoms. The molecule has 2 aromatic carbocycles. The van der Waals surface area contributed by atoms with Gasteiger partial charge in [-0.2, -0.15) is 0 Å². The zero-order chi connectivity index (χ0) is 14.2. The topological polar surface area (TPSA) is 74.6 Å². The van der Waals surface area contributed by atoms with Gasteiger partial charge < -0.3 is 10.2 Å². The van der Waals surface area contributed by atoms with E-state index in [1.165, 1.54) is 19.9 Å². The Bertz CT molecular complexity index is 659. The van der Waals surface area contributed by atoms with Crippen molar-refractivity contribution < 1.29 is 19.8 Å². The minimum Gasteiger partial charge on any atom is -0.504 e. The molecule has 0 aliphatic carbocycles. The summed E-state index contributed by atoms with van der Waals surface area (Å²) >= 11 is 0. The summed E-state index contributed by atoms with van der Waals surface area (Å²) < 4.78 is 0. The molecule has 0 saturated heterocycles. The first kappa shape index (κ1) is 13.1. The molecule has 98 valence electrons. The van der Waals surface area contributed by atoms with Crippen molar-refractivity contribution in [3.63, 3.8) is 0 Å². The lowest BCUT2D eigenvalue weighted by atomic mass is 9.87. The molecule has 0 bridgehead atoms. The lowest BCUT2D eigenvalue weighted by molar-refractivity contribution is -0.126. The molecule has 0 unspecified atom stereocenters. The smallest absolute Gasteiger partial charge is 0.165 e. The second-order valence-corrected chi connectivity index (χ2v) is 4.53. The second kappa shape index (κ2) is 4.72. The number of aromatic hydroxyl groups is 2. The molecule has 2 aromatic rings. The maximum absolute atomic E-state index is 11.7. The van der Waals surface area contributed by atoms with Crippen LogP contribution in [0.15, 0.2) is 30.3 Å². The van der Waals surface area contributed by atoms with Gasteiger partial charge in [-0.05, 0) is 30.9 Å². The molecule has 0 heterocycles. The quantitative estimate of drug-likeness (QED) is 0.655. The van der Waals surface area contributed by atoms with E-state index in [1.54, 1.807) is 24.3 Å². The first-order chi connectivity index (χ1) is 8.93. The molecule has 4 nitrogen and oxygen atoms in total. The fourth-order valence-electron chi connectivity index (χ4n) is 2.34. The van der Waals surface area contributed by atoms with Gasteiger partial charge in [-0.1, -0.05) is 24.3 Å². The van der Waals surface area contributed by atoms with Crippen LogP contribution in [-0.4, -0.2) is 21.8 Å². The van der Waals surface area contributed by atoms with Crippen LogP contribution in [0, 0.1) is 0 Å². The lowest BCUT2D eigenvalue weighted by Crippen LogP contribution is -2.17. The second-order valence-electron chi connectivity index (χ2n) is 4.53. The van der Waals surface area contributed by atoms with Crippen molar-refractivity contribution in [1.82, 2.24) is 0 Å². The highest BCUT2D eigenvalue weighted by atomic mass is 16.3. The summed E-state index contributed by atoms with van der Waals surface area (Å²) in [6.07, 6.45) is 0. The van der Waals surface area contributed by atoms with Crippen LogP contribution in [0.4, 0.5) is 0 Å². The number of Topliss-reactive ketones (excluding diaryl/α,β-unsaturated/α-hetero) is 2. The van der Waals surface area contributed by atoms with Gasteiger partial charge in [-0.15, -0.1) is 0 Å². The van der Waals surface area contributed by atoms with Crippen LogP contribution in [0.1, 0.15) is 25.3 Å².